The summed E-state index contributed by atoms with van der Waals surface area (Å²) in [5, 5.41) is 4.84. The minimum atomic E-state index is -0.551. The van der Waals surface area contributed by atoms with Gasteiger partial charge in [-0.1, -0.05) is 11.6 Å². The predicted molar refractivity (Wildman–Crippen MR) is 112 cm³/mol. The quantitative estimate of drug-likeness (QED) is 0.610. The molecule has 29 heavy (non-hydrogen) atoms. The summed E-state index contributed by atoms with van der Waals surface area (Å²) in [5.41, 5.74) is 1.20. The molecular formula is C20H25ClN6O2. The average Bonchev–Trinajstić information content (AvgIpc) is 3.17. The molecule has 0 radical (unpaired) electrons. The molecular weight excluding hydrogens is 392 g/mol. The van der Waals surface area contributed by atoms with Gasteiger partial charge < -0.3 is 4.57 Å². The van der Waals surface area contributed by atoms with Crippen molar-refractivity contribution in [2.24, 2.45) is 7.05 Å². The van der Waals surface area contributed by atoms with E-state index in [4.69, 9.17) is 11.6 Å². The summed E-state index contributed by atoms with van der Waals surface area (Å²) >= 11 is 6.06. The van der Waals surface area contributed by atoms with Crippen molar-refractivity contribution in [2.45, 2.75) is 45.3 Å². The Bertz CT molecular complexity index is 1150. The third kappa shape index (κ3) is 3.74. The van der Waals surface area contributed by atoms with Crippen LogP contribution in [0.2, 0.25) is 5.02 Å². The van der Waals surface area contributed by atoms with E-state index in [9.17, 15) is 9.59 Å². The fourth-order valence-corrected chi connectivity index (χ4v) is 4.13. The van der Waals surface area contributed by atoms with Gasteiger partial charge >= 0.3 is 11.1 Å². The van der Waals surface area contributed by atoms with Gasteiger partial charge in [-0.2, -0.15) is 5.10 Å². The van der Waals surface area contributed by atoms with Crippen LogP contribution < -0.4 is 11.1 Å². The lowest BCUT2D eigenvalue weighted by Gasteiger charge is -2.33. The third-order valence-electron chi connectivity index (χ3n) is 5.62. The standard InChI is InChI=1S/C20H25ClN6O2/c1-13(2)26-12-14(9-23-26)11-25-6-4-16(5-7-25)27-18-17(8-15(21)10-22-18)24(3)19(28)20(27)29/h8-10,12-13,16H,4-7,11H2,1-3H3. The molecule has 0 amide bonds. The van der Waals surface area contributed by atoms with E-state index in [0.717, 1.165) is 32.5 Å². The Hall–Kier alpha value is -2.45. The van der Waals surface area contributed by atoms with Crippen LogP contribution in [-0.4, -0.2) is 41.9 Å². The Morgan fingerprint density at radius 3 is 2.55 bits per heavy atom. The van der Waals surface area contributed by atoms with Crippen LogP contribution in [0.4, 0.5) is 0 Å². The first kappa shape index (κ1) is 19.8. The van der Waals surface area contributed by atoms with E-state index in [2.05, 4.69) is 35.0 Å². The summed E-state index contributed by atoms with van der Waals surface area (Å²) in [6, 6.07) is 1.97. The minimum absolute atomic E-state index is 0.0535. The van der Waals surface area contributed by atoms with Crippen molar-refractivity contribution in [3.63, 3.8) is 0 Å². The zero-order chi connectivity index (χ0) is 20.7. The number of halogens is 1. The maximum Gasteiger partial charge on any atom is 0.318 e. The Morgan fingerprint density at radius 2 is 1.90 bits per heavy atom. The summed E-state index contributed by atoms with van der Waals surface area (Å²) in [7, 11) is 1.58. The summed E-state index contributed by atoms with van der Waals surface area (Å²) in [6.07, 6.45) is 7.09. The molecule has 9 heteroatoms. The normalized spacial score (nSPS) is 16.2. The largest absolute Gasteiger partial charge is 0.318 e. The van der Waals surface area contributed by atoms with Crippen LogP contribution in [0.5, 0.6) is 0 Å². The number of piperidine rings is 1. The Balaban J connectivity index is 1.56. The van der Waals surface area contributed by atoms with Crippen molar-refractivity contribution in [3.05, 3.63) is 56.0 Å². The number of nitrogens with zero attached hydrogens (tertiary/aromatic N) is 6. The molecule has 8 nitrogen and oxygen atoms in total. The van der Waals surface area contributed by atoms with Crippen LogP contribution in [0.25, 0.3) is 11.2 Å². The molecule has 1 fully saturated rings. The first-order valence-corrected chi connectivity index (χ1v) is 10.2. The highest BCUT2D eigenvalue weighted by molar-refractivity contribution is 6.31. The second kappa shape index (κ2) is 7.76. The summed E-state index contributed by atoms with van der Waals surface area (Å²) in [6.45, 7) is 6.73. The first-order valence-electron chi connectivity index (χ1n) is 9.87. The fourth-order valence-electron chi connectivity index (χ4n) is 3.98. The molecule has 4 heterocycles. The average molecular weight is 417 g/mol. The number of pyridine rings is 1. The van der Waals surface area contributed by atoms with Crippen molar-refractivity contribution >= 4 is 22.8 Å². The van der Waals surface area contributed by atoms with Crippen LogP contribution in [0.15, 0.2) is 34.2 Å². The molecule has 0 spiro atoms. The lowest BCUT2D eigenvalue weighted by Crippen LogP contribution is -2.45. The second-order valence-corrected chi connectivity index (χ2v) is 8.40. The highest BCUT2D eigenvalue weighted by Crippen LogP contribution is 2.25. The van der Waals surface area contributed by atoms with Crippen LogP contribution in [0.3, 0.4) is 0 Å². The molecule has 1 aliphatic heterocycles. The van der Waals surface area contributed by atoms with Gasteiger partial charge in [0.2, 0.25) is 0 Å². The van der Waals surface area contributed by atoms with Gasteiger partial charge in [0.05, 0.1) is 16.7 Å². The van der Waals surface area contributed by atoms with Crippen LogP contribution in [-0.2, 0) is 13.6 Å². The van der Waals surface area contributed by atoms with Crippen molar-refractivity contribution < 1.29 is 0 Å². The van der Waals surface area contributed by atoms with E-state index in [-0.39, 0.29) is 6.04 Å². The molecule has 0 saturated carbocycles. The number of likely N-dealkylation sites (tertiary alicyclic amines) is 1. The monoisotopic (exact) mass is 416 g/mol. The van der Waals surface area contributed by atoms with Crippen LogP contribution in [0.1, 0.15) is 44.3 Å². The number of rotatable bonds is 4. The van der Waals surface area contributed by atoms with Gasteiger partial charge in [-0.3, -0.25) is 23.7 Å². The molecule has 0 aromatic carbocycles. The maximum absolute atomic E-state index is 12.8. The summed E-state index contributed by atoms with van der Waals surface area (Å²) < 4.78 is 4.86. The van der Waals surface area contributed by atoms with Crippen LogP contribution >= 0.6 is 11.6 Å². The highest BCUT2D eigenvalue weighted by atomic mass is 35.5. The van der Waals surface area contributed by atoms with Gasteiger partial charge in [-0.05, 0) is 32.8 Å². The minimum Gasteiger partial charge on any atom is -0.304 e. The number of fused-ring (bicyclic) bond motifs is 1. The topological polar surface area (TPSA) is 78.0 Å². The van der Waals surface area contributed by atoms with E-state index in [1.165, 1.54) is 16.3 Å². The van der Waals surface area contributed by atoms with Crippen molar-refractivity contribution in [1.29, 1.82) is 0 Å². The van der Waals surface area contributed by atoms with Crippen LogP contribution in [0, 0.1) is 0 Å². The lowest BCUT2D eigenvalue weighted by atomic mass is 10.0. The molecule has 154 valence electrons. The number of hydrogen-bond acceptors (Lipinski definition) is 5. The zero-order valence-electron chi connectivity index (χ0n) is 16.9. The summed E-state index contributed by atoms with van der Waals surface area (Å²) in [5.74, 6) is 0. The van der Waals surface area contributed by atoms with E-state index in [1.807, 2.05) is 10.9 Å². The molecule has 0 bridgehead atoms. The van der Waals surface area contributed by atoms with Gasteiger partial charge in [-0.25, -0.2) is 4.98 Å². The number of aryl methyl sites for hydroxylation is 1. The molecule has 0 atom stereocenters. The Morgan fingerprint density at radius 1 is 1.17 bits per heavy atom. The maximum atomic E-state index is 12.8. The van der Waals surface area contributed by atoms with Gasteiger partial charge in [0.15, 0.2) is 5.65 Å². The Kier molecular flexibility index (Phi) is 5.31. The SMILES string of the molecule is CC(C)n1cc(CN2CCC(n3c(=O)c(=O)n(C)c4cc(Cl)cnc43)CC2)cn1. The number of hydrogen-bond donors (Lipinski definition) is 0. The lowest BCUT2D eigenvalue weighted by molar-refractivity contribution is 0.179. The van der Waals surface area contributed by atoms with Crippen molar-refractivity contribution in [3.8, 4) is 0 Å². The van der Waals surface area contributed by atoms with E-state index < -0.39 is 11.1 Å². The van der Waals surface area contributed by atoms with E-state index in [0.29, 0.717) is 22.2 Å². The first-order chi connectivity index (χ1) is 13.8. The molecule has 1 aliphatic rings. The zero-order valence-corrected chi connectivity index (χ0v) is 17.6. The molecule has 0 aliphatic carbocycles. The fraction of sp³-hybridized carbons (Fsp3) is 0.500. The molecule has 0 unspecified atom stereocenters. The molecule has 0 N–H and O–H groups in total. The molecule has 4 rings (SSSR count). The summed E-state index contributed by atoms with van der Waals surface area (Å²) in [4.78, 5) is 31.9. The smallest absolute Gasteiger partial charge is 0.304 e. The van der Waals surface area contributed by atoms with E-state index in [1.54, 1.807) is 17.7 Å². The van der Waals surface area contributed by atoms with Crippen molar-refractivity contribution in [2.75, 3.05) is 13.1 Å². The van der Waals surface area contributed by atoms with Gasteiger partial charge in [0.1, 0.15) is 0 Å². The third-order valence-corrected chi connectivity index (χ3v) is 5.83. The molecule has 1 saturated heterocycles. The highest BCUT2D eigenvalue weighted by Gasteiger charge is 2.25. The molecule has 3 aromatic rings. The predicted octanol–water partition coefficient (Wildman–Crippen LogP) is 2.36. The van der Waals surface area contributed by atoms with Crippen molar-refractivity contribution in [1.82, 2.24) is 28.8 Å². The van der Waals surface area contributed by atoms with Gasteiger partial charge in [0.25, 0.3) is 0 Å². The Labute approximate surface area is 173 Å². The molecule has 3 aromatic heterocycles. The van der Waals surface area contributed by atoms with Gasteiger partial charge in [-0.15, -0.1) is 0 Å². The second-order valence-electron chi connectivity index (χ2n) is 7.97. The van der Waals surface area contributed by atoms with Gasteiger partial charge in [0, 0.05) is 56.7 Å². The van der Waals surface area contributed by atoms with E-state index >= 15 is 0 Å². The number of aromatic nitrogens is 5.